The van der Waals surface area contributed by atoms with Crippen molar-refractivity contribution in [2.24, 2.45) is 0 Å². The number of ether oxygens (including phenoxy) is 1. The lowest BCUT2D eigenvalue weighted by Crippen LogP contribution is -2.13. The molecule has 0 atom stereocenters. The van der Waals surface area contributed by atoms with Crippen LogP contribution in [0.1, 0.15) is 12.5 Å². The summed E-state index contributed by atoms with van der Waals surface area (Å²) in [4.78, 5) is 0. The Morgan fingerprint density at radius 3 is 2.67 bits per heavy atom. The van der Waals surface area contributed by atoms with Crippen LogP contribution in [0.15, 0.2) is 34.8 Å². The van der Waals surface area contributed by atoms with E-state index in [1.807, 2.05) is 6.92 Å². The van der Waals surface area contributed by atoms with E-state index < -0.39 is 5.82 Å². The van der Waals surface area contributed by atoms with Crippen LogP contribution in [0.5, 0.6) is 11.5 Å². The zero-order chi connectivity index (χ0) is 15.4. The molecule has 0 radical (unpaired) electrons. The van der Waals surface area contributed by atoms with E-state index in [-0.39, 0.29) is 16.6 Å². The van der Waals surface area contributed by atoms with Gasteiger partial charge in [-0.05, 0) is 40.7 Å². The molecule has 2 rings (SSSR count). The van der Waals surface area contributed by atoms with E-state index in [2.05, 4.69) is 21.2 Å². The molecule has 0 amide bonds. The van der Waals surface area contributed by atoms with E-state index in [9.17, 15) is 8.78 Å². The Bertz CT molecular complexity index is 652. The van der Waals surface area contributed by atoms with E-state index in [0.717, 1.165) is 6.07 Å². The molecule has 1 N–H and O–H groups in total. The Balaban J connectivity index is 2.35. The Morgan fingerprint density at radius 2 is 1.95 bits per heavy atom. The van der Waals surface area contributed by atoms with Crippen molar-refractivity contribution < 1.29 is 13.5 Å². The standard InChI is InChI=1S/C15H13BrClF2NO/c1-2-20-8-9-12(18)4-3-5-14(9)21-15-7-13(19)11(17)6-10(15)16/h3-7,20H,2,8H2,1H3. The average molecular weight is 377 g/mol. The van der Waals surface area contributed by atoms with Gasteiger partial charge in [0.05, 0.1) is 9.50 Å². The maximum Gasteiger partial charge on any atom is 0.145 e. The van der Waals surface area contributed by atoms with Gasteiger partial charge in [-0.25, -0.2) is 8.78 Å². The van der Waals surface area contributed by atoms with Crippen LogP contribution in [-0.4, -0.2) is 6.54 Å². The molecule has 2 aromatic carbocycles. The van der Waals surface area contributed by atoms with Crippen molar-refractivity contribution in [1.29, 1.82) is 0 Å². The second-order valence-electron chi connectivity index (χ2n) is 4.30. The van der Waals surface area contributed by atoms with E-state index in [1.165, 1.54) is 12.1 Å². The summed E-state index contributed by atoms with van der Waals surface area (Å²) >= 11 is 8.93. The Labute approximate surface area is 135 Å². The van der Waals surface area contributed by atoms with Gasteiger partial charge in [0.2, 0.25) is 0 Å². The van der Waals surface area contributed by atoms with E-state index in [0.29, 0.717) is 28.9 Å². The monoisotopic (exact) mass is 375 g/mol. The van der Waals surface area contributed by atoms with Gasteiger partial charge in [0.25, 0.3) is 0 Å². The molecule has 0 spiro atoms. The highest BCUT2D eigenvalue weighted by Gasteiger charge is 2.13. The molecule has 0 heterocycles. The molecule has 2 aromatic rings. The first-order valence-electron chi connectivity index (χ1n) is 6.33. The highest BCUT2D eigenvalue weighted by molar-refractivity contribution is 9.10. The maximum atomic E-state index is 13.9. The van der Waals surface area contributed by atoms with Gasteiger partial charge in [-0.1, -0.05) is 24.6 Å². The van der Waals surface area contributed by atoms with E-state index in [1.54, 1.807) is 12.1 Å². The number of nitrogens with one attached hydrogen (secondary N) is 1. The lowest BCUT2D eigenvalue weighted by atomic mass is 10.2. The molecule has 6 heteroatoms. The van der Waals surface area contributed by atoms with Crippen molar-refractivity contribution in [1.82, 2.24) is 5.32 Å². The molecule has 0 bridgehead atoms. The van der Waals surface area contributed by atoms with Gasteiger partial charge in [-0.3, -0.25) is 0 Å². The van der Waals surface area contributed by atoms with E-state index >= 15 is 0 Å². The molecule has 0 aliphatic rings. The minimum Gasteiger partial charge on any atom is -0.456 e. The van der Waals surface area contributed by atoms with Crippen LogP contribution in [0.2, 0.25) is 5.02 Å². The van der Waals surface area contributed by atoms with Crippen molar-refractivity contribution in [2.75, 3.05) is 6.54 Å². The SMILES string of the molecule is CCNCc1c(F)cccc1Oc1cc(F)c(Cl)cc1Br. The highest BCUT2D eigenvalue weighted by Crippen LogP contribution is 2.35. The Kier molecular flexibility index (Phi) is 5.56. The fraction of sp³-hybridized carbons (Fsp3) is 0.200. The third-order valence-corrected chi connectivity index (χ3v) is 3.73. The maximum absolute atomic E-state index is 13.9. The zero-order valence-corrected chi connectivity index (χ0v) is 13.6. The molecule has 2 nitrogen and oxygen atoms in total. The summed E-state index contributed by atoms with van der Waals surface area (Å²) < 4.78 is 33.5. The summed E-state index contributed by atoms with van der Waals surface area (Å²) in [5.74, 6) is -0.405. The number of halogens is 4. The minimum atomic E-state index is -0.598. The number of hydrogen-bond donors (Lipinski definition) is 1. The molecule has 0 unspecified atom stereocenters. The zero-order valence-electron chi connectivity index (χ0n) is 11.2. The molecular formula is C15H13BrClF2NO. The normalized spacial score (nSPS) is 10.7. The average Bonchev–Trinajstić information content (AvgIpc) is 2.44. The lowest BCUT2D eigenvalue weighted by molar-refractivity contribution is 0.456. The van der Waals surface area contributed by atoms with Crippen LogP contribution < -0.4 is 10.1 Å². The first kappa shape index (κ1) is 16.2. The van der Waals surface area contributed by atoms with Gasteiger partial charge in [0.1, 0.15) is 23.1 Å². The van der Waals surface area contributed by atoms with Gasteiger partial charge in [-0.15, -0.1) is 0 Å². The number of benzene rings is 2. The second-order valence-corrected chi connectivity index (χ2v) is 5.56. The molecule has 0 aromatic heterocycles. The molecular weight excluding hydrogens is 364 g/mol. The minimum absolute atomic E-state index is 0.0126. The lowest BCUT2D eigenvalue weighted by Gasteiger charge is -2.13. The highest BCUT2D eigenvalue weighted by atomic mass is 79.9. The summed E-state index contributed by atoms with van der Waals surface area (Å²) in [6.45, 7) is 2.95. The molecule has 0 saturated carbocycles. The molecule has 0 aliphatic carbocycles. The van der Waals surface area contributed by atoms with Gasteiger partial charge in [-0.2, -0.15) is 0 Å². The van der Waals surface area contributed by atoms with Gasteiger partial charge in [0, 0.05) is 18.2 Å². The third kappa shape index (κ3) is 3.93. The van der Waals surface area contributed by atoms with Crippen LogP contribution >= 0.6 is 27.5 Å². The van der Waals surface area contributed by atoms with Crippen molar-refractivity contribution in [2.45, 2.75) is 13.5 Å². The number of hydrogen-bond acceptors (Lipinski definition) is 2. The Morgan fingerprint density at radius 1 is 1.19 bits per heavy atom. The first-order chi connectivity index (χ1) is 10.0. The van der Waals surface area contributed by atoms with Crippen molar-refractivity contribution in [3.05, 3.63) is 57.0 Å². The van der Waals surface area contributed by atoms with Gasteiger partial charge < -0.3 is 10.1 Å². The molecule has 21 heavy (non-hydrogen) atoms. The molecule has 0 saturated heterocycles. The predicted molar refractivity (Wildman–Crippen MR) is 83.0 cm³/mol. The summed E-state index contributed by atoms with van der Waals surface area (Å²) in [5.41, 5.74) is 0.390. The summed E-state index contributed by atoms with van der Waals surface area (Å²) in [6.07, 6.45) is 0. The fourth-order valence-electron chi connectivity index (χ4n) is 1.76. The summed E-state index contributed by atoms with van der Waals surface area (Å²) in [5, 5.41) is 3.03. The van der Waals surface area contributed by atoms with Crippen LogP contribution in [-0.2, 0) is 6.54 Å². The van der Waals surface area contributed by atoms with Crippen molar-refractivity contribution >= 4 is 27.5 Å². The Hall–Kier alpha value is -1.17. The summed E-state index contributed by atoms with van der Waals surface area (Å²) in [7, 11) is 0. The van der Waals surface area contributed by atoms with Crippen molar-refractivity contribution in [3.63, 3.8) is 0 Å². The van der Waals surface area contributed by atoms with Crippen LogP contribution in [0.4, 0.5) is 8.78 Å². The quantitative estimate of drug-likeness (QED) is 0.717. The fourth-order valence-corrected chi connectivity index (χ4v) is 2.48. The first-order valence-corrected chi connectivity index (χ1v) is 7.50. The van der Waals surface area contributed by atoms with E-state index in [4.69, 9.17) is 16.3 Å². The second kappa shape index (κ2) is 7.20. The topological polar surface area (TPSA) is 21.3 Å². The smallest absolute Gasteiger partial charge is 0.145 e. The van der Waals surface area contributed by atoms with Crippen LogP contribution in [0.3, 0.4) is 0 Å². The van der Waals surface area contributed by atoms with Crippen molar-refractivity contribution in [3.8, 4) is 11.5 Å². The molecule has 0 aliphatic heterocycles. The van der Waals surface area contributed by atoms with Crippen LogP contribution in [0.25, 0.3) is 0 Å². The van der Waals surface area contributed by atoms with Gasteiger partial charge >= 0.3 is 0 Å². The predicted octanol–water partition coefficient (Wildman–Crippen LogP) is 5.28. The summed E-state index contributed by atoms with van der Waals surface area (Å²) in [6, 6.07) is 7.09. The largest absolute Gasteiger partial charge is 0.456 e. The molecule has 112 valence electrons. The van der Waals surface area contributed by atoms with Gasteiger partial charge in [0.15, 0.2) is 0 Å². The number of rotatable bonds is 5. The van der Waals surface area contributed by atoms with Crippen LogP contribution in [0, 0.1) is 11.6 Å². The third-order valence-electron chi connectivity index (χ3n) is 2.82. The molecule has 0 fully saturated rings.